The van der Waals surface area contributed by atoms with Gasteiger partial charge in [0.1, 0.15) is 0 Å². The highest BCUT2D eigenvalue weighted by Gasteiger charge is 2.24. The van der Waals surface area contributed by atoms with Crippen LogP contribution in [0.3, 0.4) is 0 Å². The lowest BCUT2D eigenvalue weighted by Gasteiger charge is -2.22. The van der Waals surface area contributed by atoms with Crippen LogP contribution in [-0.4, -0.2) is 52.8 Å². The second kappa shape index (κ2) is 7.33. The predicted molar refractivity (Wildman–Crippen MR) is 103 cm³/mol. The van der Waals surface area contributed by atoms with Gasteiger partial charge in [-0.3, -0.25) is 9.59 Å². The van der Waals surface area contributed by atoms with Gasteiger partial charge in [0, 0.05) is 48.2 Å². The highest BCUT2D eigenvalue weighted by Crippen LogP contribution is 2.20. The third kappa shape index (κ3) is 3.37. The summed E-state index contributed by atoms with van der Waals surface area (Å²) in [4.78, 5) is 33.5. The van der Waals surface area contributed by atoms with Crippen molar-refractivity contribution in [3.63, 3.8) is 0 Å². The van der Waals surface area contributed by atoms with Crippen molar-refractivity contribution in [2.24, 2.45) is 0 Å². The minimum Gasteiger partial charge on any atom is -0.360 e. The first-order chi connectivity index (χ1) is 12.7. The molecule has 3 aromatic rings. The Kier molecular flexibility index (Phi) is 4.75. The summed E-state index contributed by atoms with van der Waals surface area (Å²) in [6.07, 6.45) is 3.05. The molecule has 2 amide bonds. The molecule has 0 aliphatic carbocycles. The number of thiophene rings is 1. The molecular weight excluding hydrogens is 346 g/mol. The lowest BCUT2D eigenvalue weighted by atomic mass is 10.1. The largest absolute Gasteiger partial charge is 0.360 e. The summed E-state index contributed by atoms with van der Waals surface area (Å²) >= 11 is 1.61. The van der Waals surface area contributed by atoms with Crippen molar-refractivity contribution in [1.29, 1.82) is 0 Å². The number of para-hydroxylation sites is 1. The summed E-state index contributed by atoms with van der Waals surface area (Å²) in [5.41, 5.74) is 1.68. The average Bonchev–Trinajstić information content (AvgIpc) is 3.25. The number of amides is 2. The fraction of sp³-hybridized carbons (Fsp3) is 0.300. The maximum absolute atomic E-state index is 13.0. The van der Waals surface area contributed by atoms with Crippen molar-refractivity contribution < 1.29 is 9.59 Å². The Bertz CT molecular complexity index is 916. The van der Waals surface area contributed by atoms with Gasteiger partial charge in [0.25, 0.3) is 5.91 Å². The number of hydrogen-bond acceptors (Lipinski definition) is 3. The van der Waals surface area contributed by atoms with E-state index in [0.29, 0.717) is 38.2 Å². The zero-order valence-electron chi connectivity index (χ0n) is 14.5. The molecule has 4 rings (SSSR count). The van der Waals surface area contributed by atoms with E-state index in [1.165, 1.54) is 0 Å². The van der Waals surface area contributed by atoms with E-state index in [2.05, 4.69) is 4.98 Å². The number of hydrogen-bond donors (Lipinski definition) is 1. The number of carbonyl (C=O) groups excluding carboxylic acids is 2. The van der Waals surface area contributed by atoms with Crippen LogP contribution in [0.2, 0.25) is 0 Å². The third-order valence-corrected chi connectivity index (χ3v) is 5.74. The number of nitrogens with zero attached hydrogens (tertiary/aromatic N) is 2. The number of benzene rings is 1. The summed E-state index contributed by atoms with van der Waals surface area (Å²) < 4.78 is 0. The molecule has 1 aliphatic rings. The molecule has 1 aliphatic heterocycles. The van der Waals surface area contributed by atoms with Crippen LogP contribution >= 0.6 is 11.3 Å². The van der Waals surface area contributed by atoms with E-state index >= 15 is 0 Å². The molecule has 0 saturated carbocycles. The van der Waals surface area contributed by atoms with Crippen LogP contribution in [0, 0.1) is 0 Å². The number of aromatic amines is 1. The average molecular weight is 367 g/mol. The van der Waals surface area contributed by atoms with E-state index in [9.17, 15) is 9.59 Å². The highest BCUT2D eigenvalue weighted by atomic mass is 32.1. The van der Waals surface area contributed by atoms with Crippen molar-refractivity contribution in [3.05, 3.63) is 58.4 Å². The van der Waals surface area contributed by atoms with Crippen molar-refractivity contribution in [2.75, 3.05) is 26.2 Å². The Balaban J connectivity index is 1.43. The molecule has 1 aromatic carbocycles. The lowest BCUT2D eigenvalue weighted by Crippen LogP contribution is -2.37. The van der Waals surface area contributed by atoms with Crippen LogP contribution in [0.5, 0.6) is 0 Å². The Morgan fingerprint density at radius 2 is 1.81 bits per heavy atom. The number of H-pyrrole nitrogens is 1. The van der Waals surface area contributed by atoms with Crippen LogP contribution in [-0.2, 0) is 11.2 Å². The van der Waals surface area contributed by atoms with E-state index in [1.807, 2.05) is 51.6 Å². The fourth-order valence-electron chi connectivity index (χ4n) is 3.46. The molecule has 0 atom stereocenters. The summed E-state index contributed by atoms with van der Waals surface area (Å²) in [6.45, 7) is 2.57. The Hall–Kier alpha value is -2.60. The van der Waals surface area contributed by atoms with Gasteiger partial charge in [-0.05, 0) is 23.9 Å². The zero-order chi connectivity index (χ0) is 17.9. The number of nitrogens with one attached hydrogen (secondary N) is 1. The number of aromatic nitrogens is 1. The molecule has 1 fully saturated rings. The first kappa shape index (κ1) is 16.8. The SMILES string of the molecule is O=C(Cc1cccs1)N1CCCN(C(=O)c2c[nH]c3ccccc23)CC1. The molecule has 1 N–H and O–H groups in total. The monoisotopic (exact) mass is 367 g/mol. The van der Waals surface area contributed by atoms with Crippen LogP contribution in [0.1, 0.15) is 21.7 Å². The predicted octanol–water partition coefficient (Wildman–Crippen LogP) is 3.15. The quantitative estimate of drug-likeness (QED) is 0.773. The molecule has 0 bridgehead atoms. The highest BCUT2D eigenvalue weighted by molar-refractivity contribution is 7.10. The van der Waals surface area contributed by atoms with Gasteiger partial charge in [0.2, 0.25) is 5.91 Å². The molecule has 26 heavy (non-hydrogen) atoms. The Morgan fingerprint density at radius 3 is 2.65 bits per heavy atom. The zero-order valence-corrected chi connectivity index (χ0v) is 15.3. The fourth-order valence-corrected chi connectivity index (χ4v) is 4.16. The summed E-state index contributed by atoms with van der Waals surface area (Å²) in [5, 5.41) is 2.94. The van der Waals surface area contributed by atoms with E-state index in [4.69, 9.17) is 0 Å². The van der Waals surface area contributed by atoms with Gasteiger partial charge in [-0.15, -0.1) is 11.3 Å². The minimum atomic E-state index is 0.0370. The van der Waals surface area contributed by atoms with Crippen molar-refractivity contribution in [2.45, 2.75) is 12.8 Å². The summed E-state index contributed by atoms with van der Waals surface area (Å²) in [5.74, 6) is 0.184. The first-order valence-electron chi connectivity index (χ1n) is 8.88. The summed E-state index contributed by atoms with van der Waals surface area (Å²) in [6, 6.07) is 11.8. The summed E-state index contributed by atoms with van der Waals surface area (Å²) in [7, 11) is 0. The van der Waals surface area contributed by atoms with Gasteiger partial charge in [0.15, 0.2) is 0 Å². The van der Waals surface area contributed by atoms with E-state index in [1.54, 1.807) is 17.5 Å². The molecular formula is C20H21N3O2S. The molecule has 0 radical (unpaired) electrons. The van der Waals surface area contributed by atoms with Crippen LogP contribution < -0.4 is 0 Å². The first-order valence-corrected chi connectivity index (χ1v) is 9.76. The smallest absolute Gasteiger partial charge is 0.256 e. The van der Waals surface area contributed by atoms with E-state index in [0.717, 1.165) is 22.2 Å². The van der Waals surface area contributed by atoms with Gasteiger partial charge in [-0.25, -0.2) is 0 Å². The second-order valence-corrected chi connectivity index (χ2v) is 7.56. The topological polar surface area (TPSA) is 56.4 Å². The Morgan fingerprint density at radius 1 is 1.00 bits per heavy atom. The number of carbonyl (C=O) groups is 2. The van der Waals surface area contributed by atoms with Crippen LogP contribution in [0.4, 0.5) is 0 Å². The van der Waals surface area contributed by atoms with Crippen LogP contribution in [0.15, 0.2) is 48.0 Å². The van der Waals surface area contributed by atoms with Gasteiger partial charge >= 0.3 is 0 Å². The van der Waals surface area contributed by atoms with Crippen molar-refractivity contribution in [3.8, 4) is 0 Å². The normalized spacial score (nSPS) is 15.2. The third-order valence-electron chi connectivity index (χ3n) is 4.86. The van der Waals surface area contributed by atoms with Crippen molar-refractivity contribution in [1.82, 2.24) is 14.8 Å². The second-order valence-electron chi connectivity index (χ2n) is 6.53. The lowest BCUT2D eigenvalue weighted by molar-refractivity contribution is -0.130. The van der Waals surface area contributed by atoms with E-state index in [-0.39, 0.29) is 11.8 Å². The number of fused-ring (bicyclic) bond motifs is 1. The Labute approximate surface area is 156 Å². The van der Waals surface area contributed by atoms with Gasteiger partial charge < -0.3 is 14.8 Å². The minimum absolute atomic E-state index is 0.0370. The van der Waals surface area contributed by atoms with E-state index < -0.39 is 0 Å². The standard InChI is InChI=1S/C20H21N3O2S/c24-19(13-15-5-3-12-26-15)22-8-4-9-23(11-10-22)20(25)17-14-21-18-7-2-1-6-16(17)18/h1-3,5-7,12,14,21H,4,8-11,13H2. The molecule has 5 nitrogen and oxygen atoms in total. The van der Waals surface area contributed by atoms with Gasteiger partial charge in [0.05, 0.1) is 12.0 Å². The maximum Gasteiger partial charge on any atom is 0.256 e. The molecule has 2 aromatic heterocycles. The van der Waals surface area contributed by atoms with Crippen molar-refractivity contribution >= 4 is 34.1 Å². The molecule has 1 saturated heterocycles. The molecule has 0 unspecified atom stereocenters. The maximum atomic E-state index is 13.0. The molecule has 134 valence electrons. The molecule has 0 spiro atoms. The van der Waals surface area contributed by atoms with Gasteiger partial charge in [-0.1, -0.05) is 24.3 Å². The molecule has 6 heteroatoms. The van der Waals surface area contributed by atoms with Crippen LogP contribution in [0.25, 0.3) is 10.9 Å². The van der Waals surface area contributed by atoms with Gasteiger partial charge in [-0.2, -0.15) is 0 Å². The number of rotatable bonds is 3. The molecule has 3 heterocycles.